The lowest BCUT2D eigenvalue weighted by Gasteiger charge is -2.14. The van der Waals surface area contributed by atoms with Crippen LogP contribution in [0.25, 0.3) is 11.3 Å². The highest BCUT2D eigenvalue weighted by atomic mass is 32.2. The third-order valence-electron chi connectivity index (χ3n) is 3.84. The maximum atomic E-state index is 13.8. The van der Waals surface area contributed by atoms with Gasteiger partial charge in [0.25, 0.3) is 5.56 Å². The van der Waals surface area contributed by atoms with Gasteiger partial charge in [-0.1, -0.05) is 61.2 Å². The third kappa shape index (κ3) is 4.83. The van der Waals surface area contributed by atoms with Crippen LogP contribution in [-0.2, 0) is 4.79 Å². The van der Waals surface area contributed by atoms with Gasteiger partial charge in [0.05, 0.1) is 16.6 Å². The van der Waals surface area contributed by atoms with E-state index in [1.807, 2.05) is 37.3 Å². The molecular formula is C20H18FN3O2S. The van der Waals surface area contributed by atoms with E-state index < -0.39 is 11.1 Å². The van der Waals surface area contributed by atoms with Crippen LogP contribution in [0.1, 0.15) is 13.3 Å². The van der Waals surface area contributed by atoms with Gasteiger partial charge >= 0.3 is 0 Å². The van der Waals surface area contributed by atoms with Gasteiger partial charge in [-0.3, -0.25) is 9.59 Å². The Bertz CT molecular complexity index is 992. The average Bonchev–Trinajstić information content (AvgIpc) is 2.68. The molecule has 2 N–H and O–H groups in total. The van der Waals surface area contributed by atoms with Gasteiger partial charge in [-0.05, 0) is 18.6 Å². The minimum atomic E-state index is -0.529. The summed E-state index contributed by atoms with van der Waals surface area (Å²) in [5, 5.41) is 2.40. The molecule has 5 nitrogen and oxygen atoms in total. The number of aromatic amines is 1. The molecule has 0 saturated heterocycles. The van der Waals surface area contributed by atoms with E-state index in [-0.39, 0.29) is 17.2 Å². The molecule has 1 unspecified atom stereocenters. The van der Waals surface area contributed by atoms with Gasteiger partial charge in [0.15, 0.2) is 5.16 Å². The molecule has 3 rings (SSSR count). The van der Waals surface area contributed by atoms with Gasteiger partial charge in [-0.2, -0.15) is 0 Å². The molecule has 2 aromatic carbocycles. The second-order valence-electron chi connectivity index (χ2n) is 5.79. The second-order valence-corrected chi connectivity index (χ2v) is 6.98. The van der Waals surface area contributed by atoms with E-state index in [4.69, 9.17) is 0 Å². The summed E-state index contributed by atoms with van der Waals surface area (Å²) < 4.78 is 13.8. The Morgan fingerprint density at radius 1 is 1.19 bits per heavy atom. The van der Waals surface area contributed by atoms with Crippen molar-refractivity contribution < 1.29 is 9.18 Å². The zero-order chi connectivity index (χ0) is 19.2. The topological polar surface area (TPSA) is 74.8 Å². The van der Waals surface area contributed by atoms with Crippen LogP contribution < -0.4 is 10.9 Å². The number of halogens is 1. The molecule has 27 heavy (non-hydrogen) atoms. The third-order valence-corrected chi connectivity index (χ3v) is 5.09. The Balaban J connectivity index is 1.80. The van der Waals surface area contributed by atoms with Crippen LogP contribution in [0.15, 0.2) is 70.6 Å². The molecule has 1 amide bonds. The van der Waals surface area contributed by atoms with Crippen molar-refractivity contribution >= 4 is 23.4 Å². The SMILES string of the molecule is CCC(Sc1nc(-c2ccccc2)cc(=O)[nH]1)C(=O)Nc1ccccc1F. The number of H-pyrrole nitrogens is 1. The van der Waals surface area contributed by atoms with E-state index in [0.29, 0.717) is 17.3 Å². The van der Waals surface area contributed by atoms with E-state index in [0.717, 1.165) is 17.3 Å². The van der Waals surface area contributed by atoms with E-state index in [1.54, 1.807) is 12.1 Å². The average molecular weight is 383 g/mol. The van der Waals surface area contributed by atoms with Crippen LogP contribution in [-0.4, -0.2) is 21.1 Å². The number of nitrogens with zero attached hydrogens (tertiary/aromatic N) is 1. The summed E-state index contributed by atoms with van der Waals surface area (Å²) in [6.07, 6.45) is 0.490. The van der Waals surface area contributed by atoms with Crippen molar-refractivity contribution in [2.75, 3.05) is 5.32 Å². The van der Waals surface area contributed by atoms with Crippen LogP contribution in [0.2, 0.25) is 0 Å². The molecule has 1 heterocycles. The Labute approximate surface area is 160 Å². The van der Waals surface area contributed by atoms with Crippen molar-refractivity contribution in [3.63, 3.8) is 0 Å². The number of thioether (sulfide) groups is 1. The zero-order valence-electron chi connectivity index (χ0n) is 14.6. The molecule has 0 fully saturated rings. The number of anilines is 1. The Morgan fingerprint density at radius 3 is 2.59 bits per heavy atom. The summed E-state index contributed by atoms with van der Waals surface area (Å²) in [6, 6.07) is 16.7. The first kappa shape index (κ1) is 18.8. The maximum absolute atomic E-state index is 13.8. The number of carbonyl (C=O) groups is 1. The Hall–Kier alpha value is -2.93. The summed E-state index contributed by atoms with van der Waals surface area (Å²) in [5.74, 6) is -0.844. The van der Waals surface area contributed by atoms with Crippen LogP contribution >= 0.6 is 11.8 Å². The summed E-state index contributed by atoms with van der Waals surface area (Å²) >= 11 is 1.14. The van der Waals surface area contributed by atoms with Gasteiger partial charge in [0.1, 0.15) is 5.82 Å². The van der Waals surface area contributed by atoms with Crippen molar-refractivity contribution in [2.45, 2.75) is 23.8 Å². The van der Waals surface area contributed by atoms with E-state index in [9.17, 15) is 14.0 Å². The Morgan fingerprint density at radius 2 is 1.89 bits per heavy atom. The summed E-state index contributed by atoms with van der Waals surface area (Å²) in [4.78, 5) is 31.6. The second kappa shape index (κ2) is 8.64. The lowest BCUT2D eigenvalue weighted by Crippen LogP contribution is -2.25. The largest absolute Gasteiger partial charge is 0.323 e. The van der Waals surface area contributed by atoms with Crippen molar-refractivity contribution in [1.29, 1.82) is 0 Å². The molecule has 0 aliphatic rings. The van der Waals surface area contributed by atoms with Crippen molar-refractivity contribution in [2.24, 2.45) is 0 Å². The number of para-hydroxylation sites is 1. The molecule has 3 aromatic rings. The molecule has 0 aliphatic heterocycles. The molecule has 1 atom stereocenters. The van der Waals surface area contributed by atoms with Crippen molar-refractivity contribution in [3.8, 4) is 11.3 Å². The fourth-order valence-electron chi connectivity index (χ4n) is 2.48. The van der Waals surface area contributed by atoms with E-state index in [1.165, 1.54) is 18.2 Å². The fourth-order valence-corrected chi connectivity index (χ4v) is 3.39. The number of rotatable bonds is 6. The van der Waals surface area contributed by atoms with Crippen LogP contribution in [0.3, 0.4) is 0 Å². The molecule has 7 heteroatoms. The number of hydrogen-bond acceptors (Lipinski definition) is 4. The number of amides is 1. The molecule has 0 saturated carbocycles. The summed E-state index contributed by atoms with van der Waals surface area (Å²) in [5.41, 5.74) is 1.18. The van der Waals surface area contributed by atoms with E-state index >= 15 is 0 Å². The van der Waals surface area contributed by atoms with Gasteiger partial charge in [0, 0.05) is 11.6 Å². The lowest BCUT2D eigenvalue weighted by molar-refractivity contribution is -0.115. The monoisotopic (exact) mass is 383 g/mol. The number of nitrogens with one attached hydrogen (secondary N) is 2. The lowest BCUT2D eigenvalue weighted by atomic mass is 10.1. The first-order valence-corrected chi connectivity index (χ1v) is 9.33. The maximum Gasteiger partial charge on any atom is 0.252 e. The first-order valence-electron chi connectivity index (χ1n) is 8.45. The quantitative estimate of drug-likeness (QED) is 0.497. The number of benzene rings is 2. The van der Waals surface area contributed by atoms with Gasteiger partial charge < -0.3 is 10.3 Å². The van der Waals surface area contributed by atoms with Crippen molar-refractivity contribution in [3.05, 3.63) is 76.8 Å². The van der Waals surface area contributed by atoms with Gasteiger partial charge in [0.2, 0.25) is 5.91 Å². The molecule has 0 radical (unpaired) electrons. The number of hydrogen-bond donors (Lipinski definition) is 2. The molecular weight excluding hydrogens is 365 g/mol. The minimum absolute atomic E-state index is 0.126. The molecule has 0 bridgehead atoms. The molecule has 1 aromatic heterocycles. The Kier molecular flexibility index (Phi) is 6.03. The first-order chi connectivity index (χ1) is 13.1. The van der Waals surface area contributed by atoms with Crippen molar-refractivity contribution in [1.82, 2.24) is 9.97 Å². The van der Waals surface area contributed by atoms with Crippen LogP contribution in [0.4, 0.5) is 10.1 Å². The normalized spacial score (nSPS) is 11.8. The molecule has 138 valence electrons. The van der Waals surface area contributed by atoms with E-state index in [2.05, 4.69) is 15.3 Å². The number of carbonyl (C=O) groups excluding carboxylic acids is 1. The highest BCUT2D eigenvalue weighted by Gasteiger charge is 2.20. The zero-order valence-corrected chi connectivity index (χ0v) is 15.4. The number of aromatic nitrogens is 2. The van der Waals surface area contributed by atoms with Gasteiger partial charge in [-0.25, -0.2) is 9.37 Å². The predicted molar refractivity (Wildman–Crippen MR) is 105 cm³/mol. The fraction of sp³-hybridized carbons (Fsp3) is 0.150. The predicted octanol–water partition coefficient (Wildman–Crippen LogP) is 4.09. The summed E-state index contributed by atoms with van der Waals surface area (Å²) in [7, 11) is 0. The van der Waals surface area contributed by atoms with Gasteiger partial charge in [-0.15, -0.1) is 0 Å². The summed E-state index contributed by atoms with van der Waals surface area (Å²) in [6.45, 7) is 1.84. The molecule has 0 spiro atoms. The minimum Gasteiger partial charge on any atom is -0.323 e. The highest BCUT2D eigenvalue weighted by Crippen LogP contribution is 2.25. The van der Waals surface area contributed by atoms with Crippen LogP contribution in [0.5, 0.6) is 0 Å². The smallest absolute Gasteiger partial charge is 0.252 e. The van der Waals surface area contributed by atoms with Crippen LogP contribution in [0, 0.1) is 5.82 Å². The standard InChI is InChI=1S/C20H18FN3O2S/c1-2-17(19(26)22-15-11-7-6-10-14(15)21)27-20-23-16(12-18(25)24-20)13-8-4-3-5-9-13/h3-12,17H,2H2,1H3,(H,22,26)(H,23,24,25). The highest BCUT2D eigenvalue weighted by molar-refractivity contribution is 8.00. The molecule has 0 aliphatic carbocycles.